The molecule has 1 heterocycles. The first-order valence-corrected chi connectivity index (χ1v) is 6.57. The van der Waals surface area contributed by atoms with Gasteiger partial charge >= 0.3 is 0 Å². The van der Waals surface area contributed by atoms with Crippen molar-refractivity contribution in [1.82, 2.24) is 9.97 Å². The van der Waals surface area contributed by atoms with Crippen LogP contribution in [0.3, 0.4) is 0 Å². The molecule has 0 amide bonds. The van der Waals surface area contributed by atoms with Gasteiger partial charge in [0.05, 0.1) is 14.5 Å². The predicted molar refractivity (Wildman–Crippen MR) is 79.0 cm³/mol. The average molecular weight is 348 g/mol. The summed E-state index contributed by atoms with van der Waals surface area (Å²) < 4.78 is 0.757. The largest absolute Gasteiger partial charge is 0.357 e. The molecule has 0 saturated carbocycles. The second-order valence-corrected chi connectivity index (χ2v) is 5.06. The molecule has 1 aromatic heterocycles. The molecule has 0 radical (unpaired) electrons. The van der Waals surface area contributed by atoms with Gasteiger partial charge in [0.1, 0.15) is 5.82 Å². The van der Waals surface area contributed by atoms with Crippen LogP contribution in [0.15, 0.2) is 28.9 Å². The van der Waals surface area contributed by atoms with E-state index >= 15 is 0 Å². The lowest BCUT2D eigenvalue weighted by Gasteiger charge is -2.09. The van der Waals surface area contributed by atoms with E-state index in [2.05, 4.69) is 36.5 Å². The Morgan fingerprint density at radius 1 is 1.22 bits per heavy atom. The standard InChI is InChI=1S/C11H9BrCl2N4/c1-15-11-16-5-7(12)10(18-11)17-6-2-3-8(13)9(14)4-6/h2-5H,1H3,(H2,15,16,17,18). The summed E-state index contributed by atoms with van der Waals surface area (Å²) in [6, 6.07) is 5.28. The third-order valence-corrected chi connectivity index (χ3v) is 3.47. The number of hydrogen-bond acceptors (Lipinski definition) is 4. The monoisotopic (exact) mass is 346 g/mol. The van der Waals surface area contributed by atoms with Crippen LogP contribution >= 0.6 is 39.1 Å². The van der Waals surface area contributed by atoms with Crippen LogP contribution in [0.4, 0.5) is 17.5 Å². The molecule has 0 aliphatic carbocycles. The normalized spacial score (nSPS) is 10.2. The summed E-state index contributed by atoms with van der Waals surface area (Å²) in [6.45, 7) is 0. The first-order valence-electron chi connectivity index (χ1n) is 5.02. The molecule has 7 heteroatoms. The Labute approximate surface area is 123 Å². The first kappa shape index (κ1) is 13.4. The quantitative estimate of drug-likeness (QED) is 0.867. The minimum Gasteiger partial charge on any atom is -0.357 e. The van der Waals surface area contributed by atoms with Gasteiger partial charge in [-0.15, -0.1) is 0 Å². The Bertz CT molecular complexity index is 577. The highest BCUT2D eigenvalue weighted by Gasteiger charge is 2.06. The molecule has 2 N–H and O–H groups in total. The van der Waals surface area contributed by atoms with Crippen LogP contribution in [-0.2, 0) is 0 Å². The summed E-state index contributed by atoms with van der Waals surface area (Å²) in [7, 11) is 1.76. The summed E-state index contributed by atoms with van der Waals surface area (Å²) in [6.07, 6.45) is 1.67. The molecule has 2 rings (SSSR count). The van der Waals surface area contributed by atoms with E-state index in [1.54, 1.807) is 25.4 Å². The molecule has 0 fully saturated rings. The van der Waals surface area contributed by atoms with E-state index in [0.717, 1.165) is 10.2 Å². The Balaban J connectivity index is 2.30. The van der Waals surface area contributed by atoms with Crippen LogP contribution in [-0.4, -0.2) is 17.0 Å². The van der Waals surface area contributed by atoms with Gasteiger partial charge in [-0.2, -0.15) is 4.98 Å². The van der Waals surface area contributed by atoms with Gasteiger partial charge in [-0.1, -0.05) is 23.2 Å². The van der Waals surface area contributed by atoms with E-state index in [1.165, 1.54) is 0 Å². The van der Waals surface area contributed by atoms with E-state index in [-0.39, 0.29) is 0 Å². The molecular weight excluding hydrogens is 339 g/mol. The second kappa shape index (κ2) is 5.73. The van der Waals surface area contributed by atoms with Gasteiger partial charge < -0.3 is 10.6 Å². The highest BCUT2D eigenvalue weighted by Crippen LogP contribution is 2.29. The zero-order valence-electron chi connectivity index (χ0n) is 9.34. The van der Waals surface area contributed by atoms with Crippen molar-refractivity contribution < 1.29 is 0 Å². The van der Waals surface area contributed by atoms with E-state index in [0.29, 0.717) is 21.8 Å². The summed E-state index contributed by atoms with van der Waals surface area (Å²) in [5, 5.41) is 7.01. The van der Waals surface area contributed by atoms with Gasteiger partial charge in [-0.25, -0.2) is 4.98 Å². The minimum atomic E-state index is 0.487. The van der Waals surface area contributed by atoms with Crippen LogP contribution in [0.2, 0.25) is 10.0 Å². The Morgan fingerprint density at radius 3 is 2.67 bits per heavy atom. The maximum Gasteiger partial charge on any atom is 0.224 e. The third-order valence-electron chi connectivity index (χ3n) is 2.15. The van der Waals surface area contributed by atoms with E-state index in [4.69, 9.17) is 23.2 Å². The Hall–Kier alpha value is -1.04. The van der Waals surface area contributed by atoms with Gasteiger partial charge in [0.15, 0.2) is 0 Å². The van der Waals surface area contributed by atoms with Crippen LogP contribution in [0, 0.1) is 0 Å². The van der Waals surface area contributed by atoms with Gasteiger partial charge in [0, 0.05) is 18.9 Å². The van der Waals surface area contributed by atoms with Crippen molar-refractivity contribution in [2.75, 3.05) is 17.7 Å². The summed E-state index contributed by atoms with van der Waals surface area (Å²) in [5.41, 5.74) is 0.797. The molecule has 0 atom stereocenters. The van der Waals surface area contributed by atoms with Crippen molar-refractivity contribution in [2.24, 2.45) is 0 Å². The minimum absolute atomic E-state index is 0.487. The lowest BCUT2D eigenvalue weighted by atomic mass is 10.3. The molecule has 0 aliphatic rings. The fourth-order valence-corrected chi connectivity index (χ4v) is 1.87. The molecule has 0 spiro atoms. The van der Waals surface area contributed by atoms with Crippen molar-refractivity contribution in [3.63, 3.8) is 0 Å². The summed E-state index contributed by atoms with van der Waals surface area (Å²) >= 11 is 15.2. The molecule has 1 aromatic carbocycles. The first-order chi connectivity index (χ1) is 8.60. The zero-order valence-corrected chi connectivity index (χ0v) is 12.4. The maximum absolute atomic E-state index is 5.95. The lowest BCUT2D eigenvalue weighted by molar-refractivity contribution is 1.14. The van der Waals surface area contributed by atoms with Crippen molar-refractivity contribution >= 4 is 56.6 Å². The predicted octanol–water partition coefficient (Wildman–Crippen LogP) is 4.33. The number of anilines is 3. The number of halogens is 3. The molecular formula is C11H9BrCl2N4. The smallest absolute Gasteiger partial charge is 0.224 e. The van der Waals surface area contributed by atoms with Crippen LogP contribution < -0.4 is 10.6 Å². The number of nitrogens with one attached hydrogen (secondary N) is 2. The van der Waals surface area contributed by atoms with Crippen molar-refractivity contribution in [3.8, 4) is 0 Å². The SMILES string of the molecule is CNc1ncc(Br)c(Nc2ccc(Cl)c(Cl)c2)n1. The molecule has 0 saturated heterocycles. The number of rotatable bonds is 3. The van der Waals surface area contributed by atoms with E-state index in [1.807, 2.05) is 6.07 Å². The van der Waals surface area contributed by atoms with E-state index < -0.39 is 0 Å². The van der Waals surface area contributed by atoms with Crippen LogP contribution in [0.1, 0.15) is 0 Å². The van der Waals surface area contributed by atoms with E-state index in [9.17, 15) is 0 Å². The van der Waals surface area contributed by atoms with Crippen LogP contribution in [0.25, 0.3) is 0 Å². The molecule has 0 unspecified atom stereocenters. The fourth-order valence-electron chi connectivity index (χ4n) is 1.29. The lowest BCUT2D eigenvalue weighted by Crippen LogP contribution is -2.01. The molecule has 94 valence electrons. The summed E-state index contributed by atoms with van der Waals surface area (Å²) in [4.78, 5) is 8.36. The average Bonchev–Trinajstić information content (AvgIpc) is 2.36. The highest BCUT2D eigenvalue weighted by atomic mass is 79.9. The molecule has 2 aromatic rings. The summed E-state index contributed by atoms with van der Waals surface area (Å²) in [5.74, 6) is 1.17. The van der Waals surface area contributed by atoms with Gasteiger partial charge in [-0.3, -0.25) is 0 Å². The number of hydrogen-bond donors (Lipinski definition) is 2. The van der Waals surface area contributed by atoms with Crippen molar-refractivity contribution in [1.29, 1.82) is 0 Å². The van der Waals surface area contributed by atoms with Crippen molar-refractivity contribution in [2.45, 2.75) is 0 Å². The fraction of sp³-hybridized carbons (Fsp3) is 0.0909. The third kappa shape index (κ3) is 3.04. The Kier molecular flexibility index (Phi) is 4.27. The maximum atomic E-state index is 5.95. The second-order valence-electron chi connectivity index (χ2n) is 3.39. The van der Waals surface area contributed by atoms with Crippen LogP contribution in [0.5, 0.6) is 0 Å². The molecule has 18 heavy (non-hydrogen) atoms. The molecule has 4 nitrogen and oxygen atoms in total. The zero-order chi connectivity index (χ0) is 13.1. The number of benzene rings is 1. The topological polar surface area (TPSA) is 49.8 Å². The van der Waals surface area contributed by atoms with Gasteiger partial charge in [-0.05, 0) is 34.1 Å². The Morgan fingerprint density at radius 2 is 2.00 bits per heavy atom. The molecule has 0 aliphatic heterocycles. The number of nitrogens with zero attached hydrogens (tertiary/aromatic N) is 2. The molecule has 0 bridgehead atoms. The van der Waals surface area contributed by atoms with Gasteiger partial charge in [0.2, 0.25) is 5.95 Å². The highest BCUT2D eigenvalue weighted by molar-refractivity contribution is 9.10. The number of aromatic nitrogens is 2. The van der Waals surface area contributed by atoms with Crippen molar-refractivity contribution in [3.05, 3.63) is 38.9 Å². The van der Waals surface area contributed by atoms with Gasteiger partial charge in [0.25, 0.3) is 0 Å².